The first-order valence-electron chi connectivity index (χ1n) is 6.53. The third-order valence-corrected chi connectivity index (χ3v) is 5.72. The van der Waals surface area contributed by atoms with E-state index in [0.717, 1.165) is 6.54 Å². The minimum Gasteiger partial charge on any atom is -0.481 e. The molecule has 0 aromatic rings. The lowest BCUT2D eigenvalue weighted by molar-refractivity contribution is -0.138. The minimum absolute atomic E-state index is 0.00128. The monoisotopic (exact) mass is 291 g/mol. The van der Waals surface area contributed by atoms with Crippen molar-refractivity contribution in [3.63, 3.8) is 0 Å². The van der Waals surface area contributed by atoms with E-state index in [0.29, 0.717) is 26.0 Å². The Morgan fingerprint density at radius 2 is 2.16 bits per heavy atom. The van der Waals surface area contributed by atoms with Gasteiger partial charge in [-0.05, 0) is 25.3 Å². The van der Waals surface area contributed by atoms with Crippen molar-refractivity contribution in [1.29, 1.82) is 0 Å². The minimum atomic E-state index is -3.26. The van der Waals surface area contributed by atoms with Crippen LogP contribution >= 0.6 is 0 Å². The van der Waals surface area contributed by atoms with Crippen molar-refractivity contribution in [3.8, 4) is 0 Å². The van der Waals surface area contributed by atoms with Crippen LogP contribution in [0.3, 0.4) is 0 Å². The maximum atomic E-state index is 12.2. The molecular formula is C12H21NO5S. The summed E-state index contributed by atoms with van der Waals surface area (Å²) in [5.41, 5.74) is -0.509. The van der Waals surface area contributed by atoms with Crippen LogP contribution in [0.2, 0.25) is 0 Å². The number of rotatable bonds is 6. The van der Waals surface area contributed by atoms with E-state index in [9.17, 15) is 13.2 Å². The molecule has 1 atom stereocenters. The average molecular weight is 291 g/mol. The Bertz CT molecular complexity index is 443. The van der Waals surface area contributed by atoms with E-state index in [2.05, 4.69) is 0 Å². The third kappa shape index (κ3) is 4.43. The molecule has 19 heavy (non-hydrogen) atoms. The smallest absolute Gasteiger partial charge is 0.303 e. The highest BCUT2D eigenvalue weighted by molar-refractivity contribution is 7.91. The quantitative estimate of drug-likeness (QED) is 0.741. The highest BCUT2D eigenvalue weighted by atomic mass is 32.2. The molecule has 1 saturated heterocycles. The number of hydrogen-bond donors (Lipinski definition) is 1. The van der Waals surface area contributed by atoms with E-state index >= 15 is 0 Å². The Morgan fingerprint density at radius 3 is 2.68 bits per heavy atom. The number of likely N-dealkylation sites (N-methyl/N-ethyl adjacent to an activating group) is 1. The van der Waals surface area contributed by atoms with Crippen LogP contribution in [0, 0.1) is 5.41 Å². The Balaban J connectivity index is 1.90. The molecule has 7 heteroatoms. The summed E-state index contributed by atoms with van der Waals surface area (Å²) in [6.45, 7) is 1.99. The van der Waals surface area contributed by atoms with Crippen LogP contribution in [0.15, 0.2) is 0 Å². The lowest BCUT2D eigenvalue weighted by Crippen LogP contribution is -2.44. The van der Waals surface area contributed by atoms with E-state index in [1.54, 1.807) is 0 Å². The number of carboxylic acid groups (broad SMARTS) is 1. The number of hydrogen-bond acceptors (Lipinski definition) is 5. The molecule has 1 N–H and O–H groups in total. The highest BCUT2D eigenvalue weighted by Crippen LogP contribution is 2.49. The molecule has 2 aliphatic rings. The summed E-state index contributed by atoms with van der Waals surface area (Å²) >= 11 is 0. The predicted octanol–water partition coefficient (Wildman–Crippen LogP) is -0.0133. The summed E-state index contributed by atoms with van der Waals surface area (Å²) < 4.78 is 29.8. The molecule has 1 unspecified atom stereocenters. The molecule has 6 nitrogen and oxygen atoms in total. The zero-order chi connectivity index (χ0) is 14.1. The molecule has 0 bridgehead atoms. The maximum Gasteiger partial charge on any atom is 0.303 e. The van der Waals surface area contributed by atoms with Crippen LogP contribution in [0.4, 0.5) is 0 Å². The molecule has 1 heterocycles. The van der Waals surface area contributed by atoms with Crippen molar-refractivity contribution >= 4 is 15.8 Å². The molecule has 110 valence electrons. The third-order valence-electron chi connectivity index (χ3n) is 3.79. The molecule has 0 aromatic carbocycles. The number of morpholine rings is 1. The van der Waals surface area contributed by atoms with Gasteiger partial charge < -0.3 is 14.7 Å². The molecule has 1 saturated carbocycles. The van der Waals surface area contributed by atoms with Gasteiger partial charge in [0, 0.05) is 13.1 Å². The van der Waals surface area contributed by atoms with E-state index in [1.165, 1.54) is 0 Å². The van der Waals surface area contributed by atoms with Crippen molar-refractivity contribution < 1.29 is 23.1 Å². The van der Waals surface area contributed by atoms with Crippen molar-refractivity contribution in [2.24, 2.45) is 5.41 Å². The van der Waals surface area contributed by atoms with Gasteiger partial charge in [-0.2, -0.15) is 0 Å². The Kier molecular flexibility index (Phi) is 4.17. The maximum absolute atomic E-state index is 12.2. The normalized spacial score (nSPS) is 27.1. The van der Waals surface area contributed by atoms with Gasteiger partial charge in [0.15, 0.2) is 9.84 Å². The topological polar surface area (TPSA) is 83.9 Å². The Hall–Kier alpha value is -0.660. The van der Waals surface area contributed by atoms with Crippen molar-refractivity contribution in [1.82, 2.24) is 4.90 Å². The molecule has 0 radical (unpaired) electrons. The van der Waals surface area contributed by atoms with E-state index in [-0.39, 0.29) is 24.0 Å². The molecule has 2 rings (SSSR count). The van der Waals surface area contributed by atoms with Crippen molar-refractivity contribution in [3.05, 3.63) is 0 Å². The summed E-state index contributed by atoms with van der Waals surface area (Å²) in [6.07, 6.45) is 1.07. The van der Waals surface area contributed by atoms with E-state index in [4.69, 9.17) is 9.84 Å². The molecule has 0 aromatic heterocycles. The van der Waals surface area contributed by atoms with Crippen LogP contribution in [0.25, 0.3) is 0 Å². The molecule has 1 aliphatic carbocycles. The Morgan fingerprint density at radius 1 is 1.47 bits per heavy atom. The first-order chi connectivity index (χ1) is 8.80. The van der Waals surface area contributed by atoms with E-state index in [1.807, 2.05) is 11.9 Å². The van der Waals surface area contributed by atoms with Crippen LogP contribution in [-0.2, 0) is 19.4 Å². The predicted molar refractivity (Wildman–Crippen MR) is 69.8 cm³/mol. The molecule has 2 fully saturated rings. The fourth-order valence-electron chi connectivity index (χ4n) is 2.65. The summed E-state index contributed by atoms with van der Waals surface area (Å²) in [7, 11) is -1.32. The molecule has 1 aliphatic heterocycles. The summed E-state index contributed by atoms with van der Waals surface area (Å²) in [5.74, 6) is -0.935. The van der Waals surface area contributed by atoms with Crippen molar-refractivity contribution in [2.75, 3.05) is 38.2 Å². The van der Waals surface area contributed by atoms with Gasteiger partial charge in [-0.15, -0.1) is 0 Å². The number of ether oxygens (including phenoxy) is 1. The number of carboxylic acids is 1. The fraction of sp³-hybridized carbons (Fsp3) is 0.917. The standard InChI is InChI=1S/C12H21NO5S/c1-13-4-5-18-10(7-13)8-19(16,17)9-12(2-3-12)6-11(14)15/h10H,2-9H2,1H3,(H,14,15). The SMILES string of the molecule is CN1CCOC(CS(=O)(=O)CC2(CC(=O)O)CC2)C1. The average Bonchev–Trinajstić information content (AvgIpc) is 2.93. The van der Waals surface area contributed by atoms with Gasteiger partial charge in [0.2, 0.25) is 0 Å². The van der Waals surface area contributed by atoms with Crippen LogP contribution < -0.4 is 0 Å². The zero-order valence-electron chi connectivity index (χ0n) is 11.2. The van der Waals surface area contributed by atoms with Crippen LogP contribution in [0.5, 0.6) is 0 Å². The van der Waals surface area contributed by atoms with Gasteiger partial charge in [-0.1, -0.05) is 0 Å². The second-order valence-corrected chi connectivity index (χ2v) is 7.99. The number of sulfone groups is 1. The zero-order valence-corrected chi connectivity index (χ0v) is 12.0. The van der Waals surface area contributed by atoms with E-state index < -0.39 is 21.2 Å². The number of nitrogens with zero attached hydrogens (tertiary/aromatic N) is 1. The lowest BCUT2D eigenvalue weighted by Gasteiger charge is -2.30. The highest BCUT2D eigenvalue weighted by Gasteiger charge is 2.48. The van der Waals surface area contributed by atoms with Crippen molar-refractivity contribution in [2.45, 2.75) is 25.4 Å². The van der Waals surface area contributed by atoms with Gasteiger partial charge in [-0.3, -0.25) is 4.79 Å². The molecule has 0 amide bonds. The lowest BCUT2D eigenvalue weighted by atomic mass is 10.1. The molecule has 0 spiro atoms. The van der Waals surface area contributed by atoms with Gasteiger partial charge in [0.05, 0.1) is 30.6 Å². The molecular weight excluding hydrogens is 270 g/mol. The first kappa shape index (κ1) is 14.7. The van der Waals surface area contributed by atoms with Crippen LogP contribution in [-0.4, -0.2) is 68.7 Å². The second-order valence-electron chi connectivity index (χ2n) is 5.88. The van der Waals surface area contributed by atoms with Gasteiger partial charge in [0.25, 0.3) is 0 Å². The van der Waals surface area contributed by atoms with Gasteiger partial charge >= 0.3 is 5.97 Å². The number of carbonyl (C=O) groups is 1. The van der Waals surface area contributed by atoms with Gasteiger partial charge in [-0.25, -0.2) is 8.42 Å². The van der Waals surface area contributed by atoms with Crippen LogP contribution in [0.1, 0.15) is 19.3 Å². The second kappa shape index (κ2) is 5.38. The van der Waals surface area contributed by atoms with Gasteiger partial charge in [0.1, 0.15) is 0 Å². The fourth-order valence-corrected chi connectivity index (χ4v) is 4.86. The summed E-state index contributed by atoms with van der Waals surface area (Å²) in [4.78, 5) is 12.8. The first-order valence-corrected chi connectivity index (χ1v) is 8.35. The Labute approximate surface area is 113 Å². The number of aliphatic carboxylic acids is 1. The summed E-state index contributed by atoms with van der Waals surface area (Å²) in [5, 5.41) is 8.82. The summed E-state index contributed by atoms with van der Waals surface area (Å²) in [6, 6.07) is 0. The largest absolute Gasteiger partial charge is 0.481 e.